The first-order valence-corrected chi connectivity index (χ1v) is 7.38. The second kappa shape index (κ2) is 5.20. The van der Waals surface area contributed by atoms with Gasteiger partial charge in [0.05, 0.1) is 4.92 Å². The van der Waals surface area contributed by atoms with Gasteiger partial charge in [-0.15, -0.1) is 0 Å². The van der Waals surface area contributed by atoms with Crippen LogP contribution in [-0.4, -0.2) is 11.0 Å². The van der Waals surface area contributed by atoms with Crippen molar-refractivity contribution in [1.82, 2.24) is 0 Å². The Morgan fingerprint density at radius 1 is 1.24 bits per heavy atom. The van der Waals surface area contributed by atoms with Crippen molar-refractivity contribution in [1.29, 1.82) is 0 Å². The smallest absolute Gasteiger partial charge is 0.292 e. The second-order valence-electron chi connectivity index (χ2n) is 7.79. The van der Waals surface area contributed by atoms with Crippen molar-refractivity contribution in [3.8, 4) is 0 Å². The summed E-state index contributed by atoms with van der Waals surface area (Å²) >= 11 is 0. The van der Waals surface area contributed by atoms with E-state index in [4.69, 9.17) is 5.73 Å². The molecule has 0 aliphatic heterocycles. The quantitative estimate of drug-likeness (QED) is 0.497. The fourth-order valence-corrected chi connectivity index (χ4v) is 3.99. The van der Waals surface area contributed by atoms with Gasteiger partial charge in [-0.25, -0.2) is 0 Å². The molecule has 1 aromatic carbocycles. The molecule has 0 bridgehead atoms. The van der Waals surface area contributed by atoms with Gasteiger partial charge >= 0.3 is 0 Å². The molecular weight excluding hydrogens is 266 g/mol. The van der Waals surface area contributed by atoms with Crippen molar-refractivity contribution in [2.24, 2.45) is 10.8 Å². The molecule has 0 heterocycles. The number of hydrogen-bond donors (Lipinski definition) is 2. The van der Waals surface area contributed by atoms with Gasteiger partial charge in [-0.2, -0.15) is 0 Å². The van der Waals surface area contributed by atoms with E-state index in [0.29, 0.717) is 16.9 Å². The summed E-state index contributed by atoms with van der Waals surface area (Å²) in [6.45, 7) is 9.19. The van der Waals surface area contributed by atoms with E-state index in [1.54, 1.807) is 12.1 Å². The number of nitrogens with two attached hydrogens (primary N) is 1. The van der Waals surface area contributed by atoms with Crippen molar-refractivity contribution in [3.63, 3.8) is 0 Å². The molecule has 0 amide bonds. The highest BCUT2D eigenvalue weighted by atomic mass is 16.6. The van der Waals surface area contributed by atoms with Crippen molar-refractivity contribution in [2.75, 3.05) is 11.1 Å². The van der Waals surface area contributed by atoms with Crippen LogP contribution < -0.4 is 11.1 Å². The first kappa shape index (κ1) is 15.6. The van der Waals surface area contributed by atoms with Gasteiger partial charge in [0.2, 0.25) is 0 Å². The van der Waals surface area contributed by atoms with E-state index in [-0.39, 0.29) is 11.4 Å². The SMILES string of the molecule is CC1(C)CC(Nc2ccc([N+](=O)[O-])c(N)c2)CC(C)(C)C1. The maximum Gasteiger partial charge on any atom is 0.292 e. The molecule has 0 aromatic heterocycles. The molecule has 1 aromatic rings. The Balaban J connectivity index is 2.14. The van der Waals surface area contributed by atoms with Crippen LogP contribution in [0.25, 0.3) is 0 Å². The summed E-state index contributed by atoms with van der Waals surface area (Å²) in [5.74, 6) is 0. The molecule has 1 aliphatic carbocycles. The zero-order valence-corrected chi connectivity index (χ0v) is 13.3. The number of nitro groups is 1. The molecule has 0 atom stereocenters. The molecule has 5 heteroatoms. The predicted octanol–water partition coefficient (Wildman–Crippen LogP) is 4.19. The Hall–Kier alpha value is -1.78. The minimum atomic E-state index is -0.452. The average molecular weight is 291 g/mol. The average Bonchev–Trinajstić information content (AvgIpc) is 2.23. The maximum absolute atomic E-state index is 10.8. The third-order valence-corrected chi connectivity index (χ3v) is 4.15. The van der Waals surface area contributed by atoms with Gasteiger partial charge in [-0.3, -0.25) is 10.1 Å². The molecule has 0 unspecified atom stereocenters. The lowest BCUT2D eigenvalue weighted by molar-refractivity contribution is -0.383. The van der Waals surface area contributed by atoms with Crippen LogP contribution >= 0.6 is 0 Å². The van der Waals surface area contributed by atoms with Crippen LogP contribution in [0.3, 0.4) is 0 Å². The number of rotatable bonds is 3. The Labute approximate surface area is 126 Å². The number of anilines is 2. The zero-order chi connectivity index (χ0) is 15.8. The number of benzene rings is 1. The number of hydrogen-bond acceptors (Lipinski definition) is 4. The van der Waals surface area contributed by atoms with Crippen LogP contribution in [0.15, 0.2) is 18.2 Å². The first-order valence-electron chi connectivity index (χ1n) is 7.38. The predicted molar refractivity (Wildman–Crippen MR) is 86.3 cm³/mol. The monoisotopic (exact) mass is 291 g/mol. The molecule has 1 saturated carbocycles. The summed E-state index contributed by atoms with van der Waals surface area (Å²) in [4.78, 5) is 10.3. The van der Waals surface area contributed by atoms with Crippen molar-refractivity contribution in [2.45, 2.75) is 53.0 Å². The van der Waals surface area contributed by atoms with Gasteiger partial charge < -0.3 is 11.1 Å². The zero-order valence-electron chi connectivity index (χ0n) is 13.3. The summed E-state index contributed by atoms with van der Waals surface area (Å²) in [7, 11) is 0. The standard InChI is InChI=1S/C16H25N3O2/c1-15(2)8-12(9-16(3,4)10-15)18-11-5-6-14(19(20)21)13(17)7-11/h5-7,12,18H,8-10,17H2,1-4H3. The van der Waals surface area contributed by atoms with E-state index in [9.17, 15) is 10.1 Å². The van der Waals surface area contributed by atoms with E-state index in [0.717, 1.165) is 18.5 Å². The Morgan fingerprint density at radius 3 is 2.29 bits per heavy atom. The number of nitrogen functional groups attached to an aromatic ring is 1. The number of nitrogens with one attached hydrogen (secondary N) is 1. The van der Waals surface area contributed by atoms with Gasteiger partial charge in [-0.05, 0) is 42.2 Å². The summed E-state index contributed by atoms with van der Waals surface area (Å²) in [5.41, 5.74) is 7.38. The lowest BCUT2D eigenvalue weighted by atomic mass is 9.63. The molecule has 0 saturated heterocycles. The number of nitrogens with zero attached hydrogens (tertiary/aromatic N) is 1. The van der Waals surface area contributed by atoms with Crippen molar-refractivity contribution < 1.29 is 4.92 Å². The van der Waals surface area contributed by atoms with E-state index < -0.39 is 4.92 Å². The third kappa shape index (κ3) is 3.86. The summed E-state index contributed by atoms with van der Waals surface area (Å²) in [5, 5.41) is 14.3. The molecule has 3 N–H and O–H groups in total. The van der Waals surface area contributed by atoms with E-state index in [1.807, 2.05) is 0 Å². The summed E-state index contributed by atoms with van der Waals surface area (Å²) in [6, 6.07) is 5.23. The van der Waals surface area contributed by atoms with E-state index >= 15 is 0 Å². The first-order chi connectivity index (χ1) is 9.58. The van der Waals surface area contributed by atoms with Crippen LogP contribution in [0.5, 0.6) is 0 Å². The van der Waals surface area contributed by atoms with Gasteiger partial charge in [0.25, 0.3) is 5.69 Å². The highest BCUT2D eigenvalue weighted by Gasteiger charge is 2.38. The Kier molecular flexibility index (Phi) is 3.87. The van der Waals surface area contributed by atoms with Crippen LogP contribution in [0.2, 0.25) is 0 Å². The van der Waals surface area contributed by atoms with Gasteiger partial charge in [0, 0.05) is 17.8 Å². The summed E-state index contributed by atoms with van der Waals surface area (Å²) < 4.78 is 0. The van der Waals surface area contributed by atoms with Gasteiger partial charge in [0.15, 0.2) is 0 Å². The van der Waals surface area contributed by atoms with Crippen LogP contribution in [0, 0.1) is 20.9 Å². The van der Waals surface area contributed by atoms with E-state index in [1.165, 1.54) is 12.5 Å². The molecule has 1 fully saturated rings. The minimum absolute atomic E-state index is 0.0372. The highest BCUT2D eigenvalue weighted by molar-refractivity contribution is 5.66. The molecule has 116 valence electrons. The van der Waals surface area contributed by atoms with Crippen LogP contribution in [0.1, 0.15) is 47.0 Å². The maximum atomic E-state index is 10.8. The fraction of sp³-hybridized carbons (Fsp3) is 0.625. The lowest BCUT2D eigenvalue weighted by Crippen LogP contribution is -2.40. The van der Waals surface area contributed by atoms with Crippen LogP contribution in [0.4, 0.5) is 17.1 Å². The van der Waals surface area contributed by atoms with E-state index in [2.05, 4.69) is 33.0 Å². The highest BCUT2D eigenvalue weighted by Crippen LogP contribution is 2.46. The van der Waals surface area contributed by atoms with Gasteiger partial charge in [-0.1, -0.05) is 27.7 Å². The molecule has 0 spiro atoms. The van der Waals surface area contributed by atoms with Crippen LogP contribution in [-0.2, 0) is 0 Å². The Morgan fingerprint density at radius 2 is 1.81 bits per heavy atom. The number of nitro benzene ring substituents is 1. The Bertz CT molecular complexity index is 536. The third-order valence-electron chi connectivity index (χ3n) is 4.15. The lowest BCUT2D eigenvalue weighted by Gasteiger charge is -2.45. The minimum Gasteiger partial charge on any atom is -0.393 e. The molecule has 21 heavy (non-hydrogen) atoms. The topological polar surface area (TPSA) is 81.2 Å². The fourth-order valence-electron chi connectivity index (χ4n) is 3.99. The normalized spacial score (nSPS) is 21.0. The molecule has 1 aliphatic rings. The molecule has 2 rings (SSSR count). The second-order valence-corrected chi connectivity index (χ2v) is 7.79. The van der Waals surface area contributed by atoms with Crippen molar-refractivity contribution >= 4 is 17.1 Å². The van der Waals surface area contributed by atoms with Crippen molar-refractivity contribution in [3.05, 3.63) is 28.3 Å². The molecule has 0 radical (unpaired) electrons. The largest absolute Gasteiger partial charge is 0.393 e. The molecular formula is C16H25N3O2. The molecule has 5 nitrogen and oxygen atoms in total. The summed E-state index contributed by atoms with van der Waals surface area (Å²) in [6.07, 6.45) is 3.39. The van der Waals surface area contributed by atoms with Gasteiger partial charge in [0.1, 0.15) is 5.69 Å².